The standard InChI is InChI=1S/C17H16Cl2N2O3/c1-10-3-5-12(6-4-10)7-15(23)24-9-14(22)21-17-16(19)11(2)13(18)8-20-17/h3-6,8H,7,9H2,1-2H3,(H,20,21,22). The Bertz CT molecular complexity index is 761. The number of hydrogen-bond acceptors (Lipinski definition) is 4. The van der Waals surface area contributed by atoms with Crippen LogP contribution in [-0.2, 0) is 20.7 Å². The van der Waals surface area contributed by atoms with Crippen LogP contribution in [0.4, 0.5) is 5.82 Å². The number of anilines is 1. The van der Waals surface area contributed by atoms with Gasteiger partial charge in [-0.15, -0.1) is 0 Å². The quantitative estimate of drug-likeness (QED) is 0.818. The van der Waals surface area contributed by atoms with Crippen LogP contribution in [-0.4, -0.2) is 23.5 Å². The minimum absolute atomic E-state index is 0.104. The third-order valence-corrected chi connectivity index (χ3v) is 4.14. The average molecular weight is 367 g/mol. The molecule has 24 heavy (non-hydrogen) atoms. The van der Waals surface area contributed by atoms with Gasteiger partial charge in [0.2, 0.25) is 0 Å². The van der Waals surface area contributed by atoms with Gasteiger partial charge in [0.1, 0.15) is 0 Å². The molecule has 0 fully saturated rings. The van der Waals surface area contributed by atoms with E-state index in [-0.39, 0.29) is 17.3 Å². The summed E-state index contributed by atoms with van der Waals surface area (Å²) < 4.78 is 4.96. The number of aromatic nitrogens is 1. The van der Waals surface area contributed by atoms with Crippen molar-refractivity contribution < 1.29 is 14.3 Å². The fourth-order valence-electron chi connectivity index (χ4n) is 1.88. The molecule has 1 N–H and O–H groups in total. The molecule has 126 valence electrons. The minimum Gasteiger partial charge on any atom is -0.455 e. The predicted octanol–water partition coefficient (Wildman–Crippen LogP) is 3.73. The zero-order chi connectivity index (χ0) is 17.7. The van der Waals surface area contributed by atoms with Crippen LogP contribution >= 0.6 is 23.2 Å². The summed E-state index contributed by atoms with van der Waals surface area (Å²) in [7, 11) is 0. The van der Waals surface area contributed by atoms with E-state index >= 15 is 0 Å². The van der Waals surface area contributed by atoms with Crippen molar-refractivity contribution >= 4 is 40.9 Å². The molecule has 0 atom stereocenters. The van der Waals surface area contributed by atoms with Gasteiger partial charge >= 0.3 is 5.97 Å². The Morgan fingerprint density at radius 3 is 2.50 bits per heavy atom. The molecule has 0 radical (unpaired) electrons. The molecule has 0 aliphatic heterocycles. The van der Waals surface area contributed by atoms with E-state index in [1.807, 2.05) is 31.2 Å². The summed E-state index contributed by atoms with van der Waals surface area (Å²) >= 11 is 11.9. The van der Waals surface area contributed by atoms with Crippen molar-refractivity contribution in [3.8, 4) is 0 Å². The molecule has 1 aromatic heterocycles. The van der Waals surface area contributed by atoms with E-state index in [0.29, 0.717) is 10.6 Å². The monoisotopic (exact) mass is 366 g/mol. The highest BCUT2D eigenvalue weighted by Crippen LogP contribution is 2.28. The van der Waals surface area contributed by atoms with Gasteiger partial charge in [0.25, 0.3) is 5.91 Å². The van der Waals surface area contributed by atoms with Crippen molar-refractivity contribution in [3.05, 3.63) is 57.2 Å². The second-order valence-electron chi connectivity index (χ2n) is 5.26. The smallest absolute Gasteiger partial charge is 0.310 e. The normalized spacial score (nSPS) is 10.3. The Labute approximate surface area is 149 Å². The molecule has 0 unspecified atom stereocenters. The molecular formula is C17H16Cl2N2O3. The Morgan fingerprint density at radius 1 is 1.17 bits per heavy atom. The van der Waals surface area contributed by atoms with Crippen LogP contribution in [0.2, 0.25) is 10.0 Å². The molecule has 0 spiro atoms. The first-order chi connectivity index (χ1) is 11.4. The average Bonchev–Trinajstić information content (AvgIpc) is 2.56. The van der Waals surface area contributed by atoms with Crippen LogP contribution in [0.25, 0.3) is 0 Å². The van der Waals surface area contributed by atoms with Crippen LogP contribution in [0.15, 0.2) is 30.5 Å². The maximum Gasteiger partial charge on any atom is 0.310 e. The molecular weight excluding hydrogens is 351 g/mol. The van der Waals surface area contributed by atoms with Gasteiger partial charge in [-0.2, -0.15) is 0 Å². The summed E-state index contributed by atoms with van der Waals surface area (Å²) in [5.41, 5.74) is 2.54. The molecule has 0 saturated carbocycles. The first-order valence-electron chi connectivity index (χ1n) is 7.18. The summed E-state index contributed by atoms with van der Waals surface area (Å²) in [6, 6.07) is 7.51. The Hall–Kier alpha value is -2.11. The lowest BCUT2D eigenvalue weighted by Crippen LogP contribution is -2.22. The number of pyridine rings is 1. The summed E-state index contributed by atoms with van der Waals surface area (Å²) in [5.74, 6) is -0.832. The van der Waals surface area contributed by atoms with Gasteiger partial charge < -0.3 is 10.1 Å². The number of carbonyl (C=O) groups excluding carboxylic acids is 2. The van der Waals surface area contributed by atoms with Gasteiger partial charge in [0, 0.05) is 6.20 Å². The van der Waals surface area contributed by atoms with Crippen LogP contribution in [0.5, 0.6) is 0 Å². The predicted molar refractivity (Wildman–Crippen MR) is 93.5 cm³/mol. The maximum atomic E-state index is 11.8. The van der Waals surface area contributed by atoms with Gasteiger partial charge in [-0.05, 0) is 25.0 Å². The van der Waals surface area contributed by atoms with Crippen LogP contribution in [0.1, 0.15) is 16.7 Å². The fourth-order valence-corrected chi connectivity index (χ4v) is 2.27. The summed E-state index contributed by atoms with van der Waals surface area (Å²) in [4.78, 5) is 27.5. The number of nitrogens with one attached hydrogen (secondary N) is 1. The molecule has 2 aromatic rings. The van der Waals surface area contributed by atoms with E-state index in [1.54, 1.807) is 6.92 Å². The van der Waals surface area contributed by atoms with E-state index in [4.69, 9.17) is 27.9 Å². The highest BCUT2D eigenvalue weighted by molar-refractivity contribution is 6.37. The molecule has 1 heterocycles. The van der Waals surface area contributed by atoms with Crippen LogP contribution in [0.3, 0.4) is 0 Å². The molecule has 0 bridgehead atoms. The van der Waals surface area contributed by atoms with Crippen molar-refractivity contribution in [2.45, 2.75) is 20.3 Å². The number of amides is 1. The van der Waals surface area contributed by atoms with E-state index in [1.165, 1.54) is 6.20 Å². The second kappa shape index (κ2) is 8.13. The molecule has 0 aliphatic carbocycles. The van der Waals surface area contributed by atoms with Crippen molar-refractivity contribution in [2.75, 3.05) is 11.9 Å². The zero-order valence-electron chi connectivity index (χ0n) is 13.2. The number of halogens is 2. The topological polar surface area (TPSA) is 68.3 Å². The van der Waals surface area contributed by atoms with E-state index in [0.717, 1.165) is 11.1 Å². The fraction of sp³-hybridized carbons (Fsp3) is 0.235. The van der Waals surface area contributed by atoms with E-state index < -0.39 is 18.5 Å². The molecule has 0 saturated heterocycles. The largest absolute Gasteiger partial charge is 0.455 e. The highest BCUT2D eigenvalue weighted by atomic mass is 35.5. The molecule has 2 rings (SSSR count). The lowest BCUT2D eigenvalue weighted by Gasteiger charge is -2.09. The van der Waals surface area contributed by atoms with Gasteiger partial charge in [-0.1, -0.05) is 53.0 Å². The Kier molecular flexibility index (Phi) is 6.17. The Balaban J connectivity index is 1.86. The maximum absolute atomic E-state index is 11.8. The lowest BCUT2D eigenvalue weighted by atomic mass is 10.1. The van der Waals surface area contributed by atoms with Crippen molar-refractivity contribution in [1.29, 1.82) is 0 Å². The summed E-state index contributed by atoms with van der Waals surface area (Å²) in [6.07, 6.45) is 1.49. The van der Waals surface area contributed by atoms with Crippen LogP contribution < -0.4 is 5.32 Å². The number of ether oxygens (including phenoxy) is 1. The molecule has 5 nitrogen and oxygen atoms in total. The highest BCUT2D eigenvalue weighted by Gasteiger charge is 2.13. The first-order valence-corrected chi connectivity index (χ1v) is 7.94. The zero-order valence-corrected chi connectivity index (χ0v) is 14.7. The van der Waals surface area contributed by atoms with E-state index in [9.17, 15) is 9.59 Å². The summed E-state index contributed by atoms with van der Waals surface area (Å²) in [5, 5.41) is 3.14. The number of benzene rings is 1. The van der Waals surface area contributed by atoms with Gasteiger partial charge in [0.05, 0.1) is 16.5 Å². The third-order valence-electron chi connectivity index (χ3n) is 3.29. The Morgan fingerprint density at radius 2 is 1.83 bits per heavy atom. The third kappa shape index (κ3) is 4.94. The summed E-state index contributed by atoms with van der Waals surface area (Å²) in [6.45, 7) is 3.26. The molecule has 1 aromatic carbocycles. The van der Waals surface area contributed by atoms with Crippen molar-refractivity contribution in [2.24, 2.45) is 0 Å². The van der Waals surface area contributed by atoms with Gasteiger partial charge in [-0.25, -0.2) is 4.98 Å². The number of aryl methyl sites for hydroxylation is 1. The van der Waals surface area contributed by atoms with Crippen molar-refractivity contribution in [1.82, 2.24) is 4.98 Å². The number of esters is 1. The first kappa shape index (κ1) is 18.2. The molecule has 1 amide bonds. The molecule has 0 aliphatic rings. The van der Waals surface area contributed by atoms with Crippen LogP contribution in [0, 0.1) is 13.8 Å². The van der Waals surface area contributed by atoms with E-state index in [2.05, 4.69) is 10.3 Å². The number of rotatable bonds is 5. The van der Waals surface area contributed by atoms with Gasteiger partial charge in [0.15, 0.2) is 12.4 Å². The number of carbonyl (C=O) groups is 2. The van der Waals surface area contributed by atoms with Gasteiger partial charge in [-0.3, -0.25) is 9.59 Å². The number of hydrogen-bond donors (Lipinski definition) is 1. The SMILES string of the molecule is Cc1ccc(CC(=O)OCC(=O)Nc2ncc(Cl)c(C)c2Cl)cc1. The van der Waals surface area contributed by atoms with Crippen molar-refractivity contribution in [3.63, 3.8) is 0 Å². The number of nitrogens with zero attached hydrogens (tertiary/aromatic N) is 1. The lowest BCUT2D eigenvalue weighted by molar-refractivity contribution is -0.146. The molecule has 7 heteroatoms. The second-order valence-corrected chi connectivity index (χ2v) is 6.05. The minimum atomic E-state index is -0.525.